The number of benzene rings is 1. The van der Waals surface area contributed by atoms with E-state index in [0.29, 0.717) is 12.3 Å². The van der Waals surface area contributed by atoms with E-state index in [0.717, 1.165) is 90.4 Å². The zero-order valence-corrected chi connectivity index (χ0v) is 20.0. The molecule has 1 saturated heterocycles. The maximum atomic E-state index is 11.9. The van der Waals surface area contributed by atoms with Gasteiger partial charge in [-0.1, -0.05) is 0 Å². The number of thiophene rings is 1. The highest BCUT2D eigenvalue weighted by Gasteiger charge is 2.25. The van der Waals surface area contributed by atoms with Crippen LogP contribution >= 0.6 is 11.3 Å². The Kier molecular flexibility index (Phi) is 5.54. The molecular weight excluding hydrogens is 450 g/mol. The zero-order valence-electron chi connectivity index (χ0n) is 19.1. The molecule has 2 aliphatic heterocycles. The van der Waals surface area contributed by atoms with E-state index in [2.05, 4.69) is 30.4 Å². The van der Waals surface area contributed by atoms with Gasteiger partial charge < -0.3 is 15.0 Å². The molecule has 0 bridgehead atoms. The number of aromatic amines is 1. The second kappa shape index (κ2) is 8.84. The number of nitrogens with one attached hydrogen (secondary N) is 2. The first kappa shape index (κ1) is 21.3. The van der Waals surface area contributed by atoms with Crippen LogP contribution in [0.2, 0.25) is 0 Å². The molecule has 0 aliphatic carbocycles. The Labute approximate surface area is 201 Å². The molecule has 0 unspecified atom stereocenters. The molecule has 0 atom stereocenters. The van der Waals surface area contributed by atoms with Crippen LogP contribution in [0.3, 0.4) is 0 Å². The van der Waals surface area contributed by atoms with Crippen LogP contribution in [0.4, 0.5) is 11.5 Å². The summed E-state index contributed by atoms with van der Waals surface area (Å²) in [6.45, 7) is 4.73. The minimum absolute atomic E-state index is 0.313. The highest BCUT2D eigenvalue weighted by atomic mass is 32.1. The van der Waals surface area contributed by atoms with E-state index < -0.39 is 0 Å². The van der Waals surface area contributed by atoms with Crippen molar-refractivity contribution < 1.29 is 9.53 Å². The highest BCUT2D eigenvalue weighted by Crippen LogP contribution is 2.39. The SMILES string of the molecule is COc1cc2[nH]ncc2cc1Nc1ncnc2sc3c(c12)CCN(CCCN1CCCC1=O)C3. The fourth-order valence-electron chi connectivity index (χ4n) is 5.06. The fraction of sp³-hybridized carbons (Fsp3) is 0.417. The van der Waals surface area contributed by atoms with Gasteiger partial charge >= 0.3 is 0 Å². The Morgan fingerprint density at radius 3 is 3.00 bits per heavy atom. The predicted octanol–water partition coefficient (Wildman–Crippen LogP) is 3.69. The second-order valence-corrected chi connectivity index (χ2v) is 9.99. The zero-order chi connectivity index (χ0) is 23.1. The normalized spacial score (nSPS) is 16.5. The Bertz CT molecular complexity index is 1360. The average Bonchev–Trinajstić information content (AvgIpc) is 3.56. The number of likely N-dealkylation sites (tertiary alicyclic amines) is 1. The summed E-state index contributed by atoms with van der Waals surface area (Å²) in [6.07, 6.45) is 7.14. The van der Waals surface area contributed by atoms with Crippen molar-refractivity contribution in [1.82, 2.24) is 30.0 Å². The van der Waals surface area contributed by atoms with E-state index in [9.17, 15) is 4.79 Å². The second-order valence-electron chi connectivity index (χ2n) is 8.91. The first-order valence-corrected chi connectivity index (χ1v) is 12.5. The number of rotatable bonds is 7. The first-order valence-electron chi connectivity index (χ1n) is 11.7. The van der Waals surface area contributed by atoms with Crippen LogP contribution in [0.15, 0.2) is 24.7 Å². The van der Waals surface area contributed by atoms with Crippen LogP contribution in [0.25, 0.3) is 21.1 Å². The number of nitrogens with zero attached hydrogens (tertiary/aromatic N) is 5. The Morgan fingerprint density at radius 2 is 2.15 bits per heavy atom. The maximum absolute atomic E-state index is 11.9. The predicted molar refractivity (Wildman–Crippen MR) is 133 cm³/mol. The van der Waals surface area contributed by atoms with Crippen LogP contribution in [0.5, 0.6) is 5.75 Å². The summed E-state index contributed by atoms with van der Waals surface area (Å²) in [7, 11) is 1.67. The molecule has 1 amide bonds. The van der Waals surface area contributed by atoms with Gasteiger partial charge in [-0.3, -0.25) is 14.8 Å². The Balaban J connectivity index is 1.22. The van der Waals surface area contributed by atoms with E-state index in [1.54, 1.807) is 31.0 Å². The number of hydrogen-bond acceptors (Lipinski definition) is 8. The summed E-state index contributed by atoms with van der Waals surface area (Å²) < 4.78 is 5.61. The number of amides is 1. The van der Waals surface area contributed by atoms with E-state index in [-0.39, 0.29) is 0 Å². The van der Waals surface area contributed by atoms with Gasteiger partial charge in [-0.15, -0.1) is 11.3 Å². The molecule has 0 saturated carbocycles. The topological polar surface area (TPSA) is 99.3 Å². The molecular formula is C24H27N7O2S. The van der Waals surface area contributed by atoms with Gasteiger partial charge in [-0.2, -0.15) is 5.10 Å². The fourth-order valence-corrected chi connectivity index (χ4v) is 6.29. The van der Waals surface area contributed by atoms with E-state index in [4.69, 9.17) is 4.74 Å². The van der Waals surface area contributed by atoms with Gasteiger partial charge in [0.25, 0.3) is 0 Å². The number of methoxy groups -OCH3 is 1. The van der Waals surface area contributed by atoms with E-state index >= 15 is 0 Å². The molecule has 0 radical (unpaired) electrons. The minimum atomic E-state index is 0.313. The van der Waals surface area contributed by atoms with Crippen molar-refractivity contribution in [2.45, 2.75) is 32.2 Å². The Hall–Kier alpha value is -3.24. The number of anilines is 2. The number of aromatic nitrogens is 4. The van der Waals surface area contributed by atoms with Crippen LogP contribution < -0.4 is 10.1 Å². The number of hydrogen-bond donors (Lipinski definition) is 2. The van der Waals surface area contributed by atoms with Crippen LogP contribution in [0.1, 0.15) is 29.7 Å². The lowest BCUT2D eigenvalue weighted by atomic mass is 10.0. The van der Waals surface area contributed by atoms with Crippen LogP contribution in [-0.4, -0.2) is 69.2 Å². The molecule has 5 heterocycles. The average molecular weight is 478 g/mol. The van der Waals surface area contributed by atoms with Crippen LogP contribution in [0, 0.1) is 0 Å². The van der Waals surface area contributed by atoms with Crippen molar-refractivity contribution in [1.29, 1.82) is 0 Å². The molecule has 2 aliphatic rings. The van der Waals surface area contributed by atoms with E-state index in [1.807, 2.05) is 17.0 Å². The summed E-state index contributed by atoms with van der Waals surface area (Å²) in [5.41, 5.74) is 3.13. The standard InChI is InChI=1S/C24H27N7O2S/c1-33-19-11-17-15(12-27-29-17)10-18(19)28-23-22-16-5-9-30(6-3-8-31-7-2-4-21(31)32)13-20(16)34-24(22)26-14-25-23/h10-12,14H,2-9,13H2,1H3,(H,27,29)(H,25,26,28). The number of carbonyl (C=O) groups excluding carboxylic acids is 1. The lowest BCUT2D eigenvalue weighted by Crippen LogP contribution is -2.33. The number of H-pyrrole nitrogens is 1. The third-order valence-corrected chi connectivity index (χ3v) is 7.93. The molecule has 0 spiro atoms. The van der Waals surface area contributed by atoms with Crippen molar-refractivity contribution >= 4 is 49.9 Å². The van der Waals surface area contributed by atoms with Crippen molar-refractivity contribution in [3.05, 3.63) is 35.1 Å². The van der Waals surface area contributed by atoms with Gasteiger partial charge in [0, 0.05) is 55.5 Å². The van der Waals surface area contributed by atoms with Crippen molar-refractivity contribution in [3.63, 3.8) is 0 Å². The highest BCUT2D eigenvalue weighted by molar-refractivity contribution is 7.19. The first-order chi connectivity index (χ1) is 16.7. The Morgan fingerprint density at radius 1 is 1.21 bits per heavy atom. The molecule has 1 fully saturated rings. The summed E-state index contributed by atoms with van der Waals surface area (Å²) in [5, 5.41) is 12.7. The van der Waals surface area contributed by atoms with Gasteiger partial charge in [0.05, 0.1) is 29.9 Å². The monoisotopic (exact) mass is 477 g/mol. The van der Waals surface area contributed by atoms with Crippen molar-refractivity contribution in [3.8, 4) is 5.75 Å². The third-order valence-electron chi connectivity index (χ3n) is 6.80. The molecule has 34 heavy (non-hydrogen) atoms. The van der Waals surface area contributed by atoms with E-state index in [1.165, 1.54) is 10.4 Å². The van der Waals surface area contributed by atoms with Gasteiger partial charge in [0.15, 0.2) is 0 Å². The molecule has 2 N–H and O–H groups in total. The maximum Gasteiger partial charge on any atom is 0.222 e. The van der Waals surface area contributed by atoms with Gasteiger partial charge in [0.2, 0.25) is 5.91 Å². The van der Waals surface area contributed by atoms with Gasteiger partial charge in [0.1, 0.15) is 22.7 Å². The molecule has 1 aromatic carbocycles. The lowest BCUT2D eigenvalue weighted by molar-refractivity contribution is -0.127. The lowest BCUT2D eigenvalue weighted by Gasteiger charge is -2.27. The van der Waals surface area contributed by atoms with Crippen LogP contribution in [-0.2, 0) is 17.8 Å². The molecule has 9 nitrogen and oxygen atoms in total. The number of fused-ring (bicyclic) bond motifs is 4. The number of carbonyl (C=O) groups is 1. The molecule has 6 rings (SSSR count). The summed E-state index contributed by atoms with van der Waals surface area (Å²) in [6, 6.07) is 3.97. The number of ether oxygens (including phenoxy) is 1. The van der Waals surface area contributed by atoms with Crippen molar-refractivity contribution in [2.75, 3.05) is 38.6 Å². The molecule has 176 valence electrons. The molecule has 3 aromatic heterocycles. The largest absolute Gasteiger partial charge is 0.494 e. The van der Waals surface area contributed by atoms with Gasteiger partial charge in [-0.05, 0) is 30.9 Å². The van der Waals surface area contributed by atoms with Crippen molar-refractivity contribution in [2.24, 2.45) is 0 Å². The smallest absolute Gasteiger partial charge is 0.222 e. The van der Waals surface area contributed by atoms with Gasteiger partial charge in [-0.25, -0.2) is 9.97 Å². The summed E-state index contributed by atoms with van der Waals surface area (Å²) in [4.78, 5) is 27.9. The summed E-state index contributed by atoms with van der Waals surface area (Å²) >= 11 is 1.76. The third kappa shape index (κ3) is 3.86. The minimum Gasteiger partial charge on any atom is -0.494 e. The molecule has 10 heteroatoms. The quantitative estimate of drug-likeness (QED) is 0.419. The molecule has 4 aromatic rings. The summed E-state index contributed by atoms with van der Waals surface area (Å²) in [5.74, 6) is 1.85.